The summed E-state index contributed by atoms with van der Waals surface area (Å²) in [5.74, 6) is 2.60. The molecule has 2 aliphatic rings. The lowest BCUT2D eigenvalue weighted by molar-refractivity contribution is 0.0782. The van der Waals surface area contributed by atoms with E-state index in [1.807, 2.05) is 60.5 Å². The molecule has 146 valence electrons. The summed E-state index contributed by atoms with van der Waals surface area (Å²) < 4.78 is 7.55. The topological polar surface area (TPSA) is 63.3 Å². The first-order valence-electron chi connectivity index (χ1n) is 9.41. The molecule has 4 heterocycles. The molecule has 0 aliphatic carbocycles. The van der Waals surface area contributed by atoms with Crippen LogP contribution in [-0.4, -0.2) is 46.8 Å². The van der Waals surface area contributed by atoms with E-state index in [4.69, 9.17) is 9.52 Å². The van der Waals surface area contributed by atoms with Gasteiger partial charge in [0.25, 0.3) is 5.91 Å². The van der Waals surface area contributed by atoms with Crippen molar-refractivity contribution in [2.75, 3.05) is 26.2 Å². The number of likely N-dealkylation sites (tertiary alicyclic amines) is 1. The Bertz CT molecular complexity index is 969. The Morgan fingerprint density at radius 3 is 2.46 bits per heavy atom. The Balaban J connectivity index is 0.00000192. The molecule has 0 radical (unpaired) electrons. The van der Waals surface area contributed by atoms with Crippen molar-refractivity contribution in [3.05, 3.63) is 60.0 Å². The smallest absolute Gasteiger partial charge is 0.257 e. The monoisotopic (exact) mass is 398 g/mol. The van der Waals surface area contributed by atoms with Gasteiger partial charge in [-0.25, -0.2) is 4.68 Å². The van der Waals surface area contributed by atoms with Gasteiger partial charge < -0.3 is 14.6 Å². The molecule has 0 saturated carbocycles. The molecule has 1 N–H and O–H groups in total. The lowest BCUT2D eigenvalue weighted by atomic mass is 10.0. The fraction of sp³-hybridized carbons (Fsp3) is 0.333. The minimum absolute atomic E-state index is 0. The van der Waals surface area contributed by atoms with E-state index < -0.39 is 0 Å². The summed E-state index contributed by atoms with van der Waals surface area (Å²) in [5, 5.41) is 8.11. The molecule has 0 bridgehead atoms. The number of rotatable bonds is 3. The van der Waals surface area contributed by atoms with Crippen LogP contribution in [0.15, 0.2) is 53.1 Å². The Morgan fingerprint density at radius 1 is 1.11 bits per heavy atom. The van der Waals surface area contributed by atoms with E-state index >= 15 is 0 Å². The number of aryl methyl sites for hydroxylation is 1. The summed E-state index contributed by atoms with van der Waals surface area (Å²) in [6.45, 7) is 5.52. The van der Waals surface area contributed by atoms with E-state index in [0.29, 0.717) is 28.9 Å². The van der Waals surface area contributed by atoms with Crippen LogP contribution in [0.25, 0.3) is 17.1 Å². The summed E-state index contributed by atoms with van der Waals surface area (Å²) in [5.41, 5.74) is 2.12. The highest BCUT2D eigenvalue weighted by molar-refractivity contribution is 5.99. The maximum absolute atomic E-state index is 13.3. The second kappa shape index (κ2) is 7.45. The molecule has 3 aromatic rings. The number of furan rings is 1. The number of nitrogens with one attached hydrogen (secondary N) is 1. The zero-order valence-electron chi connectivity index (χ0n) is 15.7. The van der Waals surface area contributed by atoms with Crippen molar-refractivity contribution in [1.29, 1.82) is 0 Å². The number of halogens is 1. The van der Waals surface area contributed by atoms with Gasteiger partial charge in [-0.1, -0.05) is 18.2 Å². The van der Waals surface area contributed by atoms with Crippen molar-refractivity contribution < 1.29 is 9.21 Å². The summed E-state index contributed by atoms with van der Waals surface area (Å²) >= 11 is 0. The molecule has 2 saturated heterocycles. The van der Waals surface area contributed by atoms with E-state index in [-0.39, 0.29) is 18.3 Å². The predicted molar refractivity (Wildman–Crippen MR) is 109 cm³/mol. The number of aromatic nitrogens is 2. The summed E-state index contributed by atoms with van der Waals surface area (Å²) in [7, 11) is 0. The zero-order chi connectivity index (χ0) is 18.4. The van der Waals surface area contributed by atoms with Gasteiger partial charge in [-0.05, 0) is 43.0 Å². The number of benzene rings is 1. The van der Waals surface area contributed by atoms with Gasteiger partial charge in [-0.3, -0.25) is 4.79 Å². The van der Waals surface area contributed by atoms with Gasteiger partial charge in [0, 0.05) is 32.4 Å². The number of hydrogen-bond donors (Lipinski definition) is 1. The molecule has 7 heteroatoms. The van der Waals surface area contributed by atoms with Gasteiger partial charge in [0.05, 0.1) is 11.3 Å². The molecule has 6 nitrogen and oxygen atoms in total. The molecule has 0 unspecified atom stereocenters. The second-order valence-electron chi connectivity index (χ2n) is 7.47. The third-order valence-electron chi connectivity index (χ3n) is 5.62. The molecule has 5 rings (SSSR count). The maximum atomic E-state index is 13.3. The van der Waals surface area contributed by atoms with Gasteiger partial charge in [0.1, 0.15) is 11.5 Å². The third kappa shape index (κ3) is 3.23. The van der Waals surface area contributed by atoms with Crippen molar-refractivity contribution in [2.24, 2.45) is 11.8 Å². The third-order valence-corrected chi connectivity index (χ3v) is 5.62. The zero-order valence-corrected chi connectivity index (χ0v) is 16.5. The highest BCUT2D eigenvalue weighted by atomic mass is 35.5. The predicted octanol–water partition coefficient (Wildman–Crippen LogP) is 3.15. The van der Waals surface area contributed by atoms with Gasteiger partial charge in [0.15, 0.2) is 5.76 Å². The van der Waals surface area contributed by atoms with Crippen molar-refractivity contribution in [2.45, 2.75) is 6.92 Å². The minimum Gasteiger partial charge on any atom is -0.460 e. The largest absolute Gasteiger partial charge is 0.460 e. The summed E-state index contributed by atoms with van der Waals surface area (Å²) in [4.78, 5) is 15.3. The number of nitrogens with zero attached hydrogens (tertiary/aromatic N) is 3. The Kier molecular flexibility index (Phi) is 5.00. The van der Waals surface area contributed by atoms with E-state index in [0.717, 1.165) is 37.6 Å². The molecule has 1 aromatic carbocycles. The van der Waals surface area contributed by atoms with E-state index in [1.165, 1.54) is 0 Å². The standard InChI is InChI=1S/C21H22N4O2.ClH/c1-14-7-8-19(27-14)20-18(13-25(23-20)17-5-3-2-4-6-17)21(26)24-11-15-9-22-10-16(15)12-24;/h2-8,13,15-16,22H,9-12H2,1H3;1H/t15-,16+;. The highest BCUT2D eigenvalue weighted by Gasteiger charge is 2.39. The number of hydrogen-bond acceptors (Lipinski definition) is 4. The molecule has 0 spiro atoms. The highest BCUT2D eigenvalue weighted by Crippen LogP contribution is 2.31. The van der Waals surface area contributed by atoms with Crippen LogP contribution in [0.4, 0.5) is 0 Å². The maximum Gasteiger partial charge on any atom is 0.257 e. The van der Waals surface area contributed by atoms with Crippen LogP contribution in [0.5, 0.6) is 0 Å². The van der Waals surface area contributed by atoms with Crippen molar-refractivity contribution >= 4 is 18.3 Å². The molecule has 1 amide bonds. The number of amides is 1. The molecule has 2 fully saturated rings. The first-order valence-corrected chi connectivity index (χ1v) is 9.41. The molecule has 2 aliphatic heterocycles. The molecule has 28 heavy (non-hydrogen) atoms. The summed E-state index contributed by atoms with van der Waals surface area (Å²) in [6, 6.07) is 13.6. The number of carbonyl (C=O) groups excluding carboxylic acids is 1. The van der Waals surface area contributed by atoms with Gasteiger partial charge in [-0.15, -0.1) is 12.4 Å². The van der Waals surface area contributed by atoms with Crippen LogP contribution in [0.3, 0.4) is 0 Å². The molecule has 2 aromatic heterocycles. The molecular weight excluding hydrogens is 376 g/mol. The SMILES string of the molecule is Cc1ccc(-c2nn(-c3ccccc3)cc2C(=O)N2C[C@H]3CNC[C@H]3C2)o1.Cl. The van der Waals surface area contributed by atoms with Crippen molar-refractivity contribution in [3.8, 4) is 17.1 Å². The van der Waals surface area contributed by atoms with Crippen molar-refractivity contribution in [3.63, 3.8) is 0 Å². The van der Waals surface area contributed by atoms with Gasteiger partial charge >= 0.3 is 0 Å². The van der Waals surface area contributed by atoms with Crippen LogP contribution >= 0.6 is 12.4 Å². The van der Waals surface area contributed by atoms with E-state index in [2.05, 4.69) is 5.32 Å². The van der Waals surface area contributed by atoms with Crippen LogP contribution in [-0.2, 0) is 0 Å². The van der Waals surface area contributed by atoms with Crippen LogP contribution in [0.2, 0.25) is 0 Å². The van der Waals surface area contributed by atoms with Crippen LogP contribution in [0, 0.1) is 18.8 Å². The molecule has 2 atom stereocenters. The van der Waals surface area contributed by atoms with Crippen molar-refractivity contribution in [1.82, 2.24) is 20.0 Å². The van der Waals surface area contributed by atoms with Gasteiger partial charge in [0.2, 0.25) is 0 Å². The van der Waals surface area contributed by atoms with E-state index in [9.17, 15) is 4.79 Å². The van der Waals surface area contributed by atoms with Crippen LogP contribution < -0.4 is 5.32 Å². The Morgan fingerprint density at radius 2 is 1.82 bits per heavy atom. The molecular formula is C21H23ClN4O2. The van der Waals surface area contributed by atoms with E-state index in [1.54, 1.807) is 4.68 Å². The second-order valence-corrected chi connectivity index (χ2v) is 7.47. The van der Waals surface area contributed by atoms with Crippen LogP contribution in [0.1, 0.15) is 16.1 Å². The average Bonchev–Trinajstić information content (AvgIpc) is 3.44. The number of fused-ring (bicyclic) bond motifs is 1. The fourth-order valence-corrected chi connectivity index (χ4v) is 4.18. The lowest BCUT2D eigenvalue weighted by Crippen LogP contribution is -2.32. The fourth-order valence-electron chi connectivity index (χ4n) is 4.18. The number of carbonyl (C=O) groups is 1. The first-order chi connectivity index (χ1) is 13.2. The Hall–Kier alpha value is -2.57. The average molecular weight is 399 g/mol. The quantitative estimate of drug-likeness (QED) is 0.736. The van der Waals surface area contributed by atoms with Gasteiger partial charge in [-0.2, -0.15) is 5.10 Å². The summed E-state index contributed by atoms with van der Waals surface area (Å²) in [6.07, 6.45) is 1.83. The normalized spacial score (nSPS) is 20.8. The minimum atomic E-state index is 0. The lowest BCUT2D eigenvalue weighted by Gasteiger charge is -2.17. The number of para-hydroxylation sites is 1. The first kappa shape index (κ1) is 18.8. The Labute approximate surface area is 169 Å².